The molecule has 1 aliphatic carbocycles. The monoisotopic (exact) mass is 199 g/mol. The van der Waals surface area contributed by atoms with Gasteiger partial charge in [0.25, 0.3) is 0 Å². The molecule has 0 aromatic heterocycles. The molecule has 1 saturated carbocycles. The molecule has 1 fully saturated rings. The fourth-order valence-electron chi connectivity index (χ4n) is 2.57. The topological polar surface area (TPSA) is 23.5 Å². The molecule has 0 spiro atoms. The highest BCUT2D eigenvalue weighted by Gasteiger charge is 2.39. The van der Waals surface area contributed by atoms with E-state index in [9.17, 15) is 5.11 Å². The van der Waals surface area contributed by atoms with Gasteiger partial charge in [-0.05, 0) is 46.2 Å². The fourth-order valence-corrected chi connectivity index (χ4v) is 2.57. The molecular formula is C12H25NO. The van der Waals surface area contributed by atoms with Crippen LogP contribution in [0.1, 0.15) is 46.0 Å². The molecule has 0 aromatic rings. The van der Waals surface area contributed by atoms with E-state index in [1.54, 1.807) is 0 Å². The lowest BCUT2D eigenvalue weighted by Crippen LogP contribution is -2.53. The molecule has 84 valence electrons. The van der Waals surface area contributed by atoms with E-state index < -0.39 is 0 Å². The molecule has 0 heterocycles. The summed E-state index contributed by atoms with van der Waals surface area (Å²) in [5, 5.41) is 10.4. The van der Waals surface area contributed by atoms with Crippen molar-refractivity contribution in [1.29, 1.82) is 0 Å². The van der Waals surface area contributed by atoms with E-state index in [0.29, 0.717) is 5.92 Å². The SMILES string of the molecule is CCC(C)(C(O)C1CCCC1)N(C)C. The summed E-state index contributed by atoms with van der Waals surface area (Å²) in [4.78, 5) is 2.18. The van der Waals surface area contributed by atoms with Gasteiger partial charge in [-0.3, -0.25) is 0 Å². The molecule has 0 bridgehead atoms. The van der Waals surface area contributed by atoms with Crippen molar-refractivity contribution in [2.24, 2.45) is 5.92 Å². The summed E-state index contributed by atoms with van der Waals surface area (Å²) in [6, 6.07) is 0. The number of hydrogen-bond donors (Lipinski definition) is 1. The quantitative estimate of drug-likeness (QED) is 0.751. The van der Waals surface area contributed by atoms with Gasteiger partial charge in [-0.1, -0.05) is 19.8 Å². The molecule has 2 unspecified atom stereocenters. The molecule has 1 N–H and O–H groups in total. The second-order valence-electron chi connectivity index (χ2n) is 5.09. The lowest BCUT2D eigenvalue weighted by Gasteiger charge is -2.42. The van der Waals surface area contributed by atoms with Gasteiger partial charge in [-0.15, -0.1) is 0 Å². The van der Waals surface area contributed by atoms with E-state index in [2.05, 4.69) is 32.8 Å². The van der Waals surface area contributed by atoms with Gasteiger partial charge >= 0.3 is 0 Å². The third-order valence-electron chi connectivity index (χ3n) is 4.22. The minimum absolute atomic E-state index is 0.0466. The highest BCUT2D eigenvalue weighted by atomic mass is 16.3. The smallest absolute Gasteiger partial charge is 0.0748 e. The van der Waals surface area contributed by atoms with Gasteiger partial charge in [-0.25, -0.2) is 0 Å². The first-order chi connectivity index (χ1) is 6.52. The molecule has 1 rings (SSSR count). The molecule has 1 aliphatic rings. The predicted molar refractivity (Wildman–Crippen MR) is 60.3 cm³/mol. The first-order valence-electron chi connectivity index (χ1n) is 5.88. The lowest BCUT2D eigenvalue weighted by molar-refractivity contribution is -0.0322. The summed E-state index contributed by atoms with van der Waals surface area (Å²) in [5.74, 6) is 0.530. The number of rotatable bonds is 4. The van der Waals surface area contributed by atoms with Crippen LogP contribution < -0.4 is 0 Å². The van der Waals surface area contributed by atoms with Crippen LogP contribution in [0.3, 0.4) is 0 Å². The van der Waals surface area contributed by atoms with Crippen LogP contribution in [0.5, 0.6) is 0 Å². The summed E-state index contributed by atoms with van der Waals surface area (Å²) in [7, 11) is 4.14. The van der Waals surface area contributed by atoms with Crippen molar-refractivity contribution >= 4 is 0 Å². The summed E-state index contributed by atoms with van der Waals surface area (Å²) in [6.07, 6.45) is 5.88. The zero-order chi connectivity index (χ0) is 10.8. The van der Waals surface area contributed by atoms with Crippen molar-refractivity contribution in [2.75, 3.05) is 14.1 Å². The molecular weight excluding hydrogens is 174 g/mol. The Balaban J connectivity index is 2.67. The van der Waals surface area contributed by atoms with E-state index in [0.717, 1.165) is 6.42 Å². The van der Waals surface area contributed by atoms with Gasteiger partial charge in [0.2, 0.25) is 0 Å². The van der Waals surface area contributed by atoms with Crippen molar-refractivity contribution in [3.63, 3.8) is 0 Å². The zero-order valence-electron chi connectivity index (χ0n) is 10.1. The molecule has 2 atom stereocenters. The van der Waals surface area contributed by atoms with Crippen LogP contribution in [0.15, 0.2) is 0 Å². The molecule has 14 heavy (non-hydrogen) atoms. The van der Waals surface area contributed by atoms with Gasteiger partial charge in [0.1, 0.15) is 0 Å². The molecule has 0 aromatic carbocycles. The summed E-state index contributed by atoms with van der Waals surface area (Å²) in [5.41, 5.74) is -0.0466. The number of hydrogen-bond acceptors (Lipinski definition) is 2. The third-order valence-corrected chi connectivity index (χ3v) is 4.22. The largest absolute Gasteiger partial charge is 0.391 e. The molecule has 2 nitrogen and oxygen atoms in total. The molecule has 0 radical (unpaired) electrons. The van der Waals surface area contributed by atoms with E-state index in [-0.39, 0.29) is 11.6 Å². The zero-order valence-corrected chi connectivity index (χ0v) is 10.1. The maximum Gasteiger partial charge on any atom is 0.0748 e. The molecule has 0 aliphatic heterocycles. The normalized spacial score (nSPS) is 25.3. The van der Waals surface area contributed by atoms with E-state index in [1.165, 1.54) is 25.7 Å². The Morgan fingerprint density at radius 3 is 2.21 bits per heavy atom. The van der Waals surface area contributed by atoms with Crippen LogP contribution in [-0.4, -0.2) is 35.7 Å². The van der Waals surface area contributed by atoms with Crippen LogP contribution in [0.4, 0.5) is 0 Å². The van der Waals surface area contributed by atoms with E-state index >= 15 is 0 Å². The standard InChI is InChI=1S/C12H25NO/c1-5-12(2,13(3)4)11(14)10-8-6-7-9-10/h10-11,14H,5-9H2,1-4H3. The molecule has 2 heteroatoms. The van der Waals surface area contributed by atoms with Crippen molar-refractivity contribution < 1.29 is 5.11 Å². The van der Waals surface area contributed by atoms with Crippen LogP contribution in [-0.2, 0) is 0 Å². The number of nitrogens with zero attached hydrogens (tertiary/aromatic N) is 1. The number of aliphatic hydroxyl groups excluding tert-OH is 1. The Bertz CT molecular complexity index is 175. The second kappa shape index (κ2) is 4.63. The van der Waals surface area contributed by atoms with Crippen molar-refractivity contribution in [3.05, 3.63) is 0 Å². The number of aliphatic hydroxyl groups is 1. The fraction of sp³-hybridized carbons (Fsp3) is 1.00. The minimum atomic E-state index is -0.162. The van der Waals surface area contributed by atoms with Gasteiger partial charge in [0.15, 0.2) is 0 Å². The Hall–Kier alpha value is -0.0800. The summed E-state index contributed by atoms with van der Waals surface area (Å²) < 4.78 is 0. The minimum Gasteiger partial charge on any atom is -0.391 e. The van der Waals surface area contributed by atoms with Crippen LogP contribution in [0, 0.1) is 5.92 Å². The van der Waals surface area contributed by atoms with Gasteiger partial charge in [0, 0.05) is 5.54 Å². The van der Waals surface area contributed by atoms with E-state index in [1.807, 2.05) is 0 Å². The van der Waals surface area contributed by atoms with E-state index in [4.69, 9.17) is 0 Å². The first-order valence-corrected chi connectivity index (χ1v) is 5.88. The average Bonchev–Trinajstić information content (AvgIpc) is 2.67. The second-order valence-corrected chi connectivity index (χ2v) is 5.09. The van der Waals surface area contributed by atoms with Gasteiger partial charge in [0.05, 0.1) is 6.10 Å². The maximum atomic E-state index is 10.4. The first kappa shape index (κ1) is 12.0. The highest BCUT2D eigenvalue weighted by molar-refractivity contribution is 4.94. The van der Waals surface area contributed by atoms with Crippen LogP contribution >= 0.6 is 0 Å². The Kier molecular flexibility index (Phi) is 3.96. The Morgan fingerprint density at radius 1 is 1.36 bits per heavy atom. The summed E-state index contributed by atoms with van der Waals surface area (Å²) in [6.45, 7) is 4.34. The van der Waals surface area contributed by atoms with Crippen molar-refractivity contribution in [3.8, 4) is 0 Å². The Morgan fingerprint density at radius 2 is 1.86 bits per heavy atom. The predicted octanol–water partition coefficient (Wildman–Crippen LogP) is 2.27. The summed E-state index contributed by atoms with van der Waals surface area (Å²) >= 11 is 0. The van der Waals surface area contributed by atoms with Crippen molar-refractivity contribution in [2.45, 2.75) is 57.6 Å². The number of likely N-dealkylation sites (N-methyl/N-ethyl adjacent to an activating group) is 1. The average molecular weight is 199 g/mol. The van der Waals surface area contributed by atoms with Crippen LogP contribution in [0.25, 0.3) is 0 Å². The van der Waals surface area contributed by atoms with Crippen molar-refractivity contribution in [1.82, 2.24) is 4.90 Å². The highest BCUT2D eigenvalue weighted by Crippen LogP contribution is 2.35. The van der Waals surface area contributed by atoms with Crippen LogP contribution in [0.2, 0.25) is 0 Å². The third kappa shape index (κ3) is 2.12. The van der Waals surface area contributed by atoms with Gasteiger partial charge in [-0.2, -0.15) is 0 Å². The lowest BCUT2D eigenvalue weighted by atomic mass is 9.81. The maximum absolute atomic E-state index is 10.4. The molecule has 0 saturated heterocycles. The van der Waals surface area contributed by atoms with Gasteiger partial charge < -0.3 is 10.0 Å². The molecule has 0 amide bonds. The Labute approximate surface area is 88.3 Å².